The summed E-state index contributed by atoms with van der Waals surface area (Å²) in [5.74, 6) is -3.74. The Morgan fingerprint density at radius 2 is 2.00 bits per heavy atom. The number of carbonyl (C=O) groups is 2. The molecule has 0 saturated heterocycles. The summed E-state index contributed by atoms with van der Waals surface area (Å²) >= 11 is 1.33. The second kappa shape index (κ2) is 3.98. The van der Waals surface area contributed by atoms with Crippen LogP contribution < -0.4 is 0 Å². The maximum atomic E-state index is 10.8. The Labute approximate surface area is 98.4 Å². The van der Waals surface area contributed by atoms with Crippen molar-refractivity contribution in [1.82, 2.24) is 9.97 Å². The quantitative estimate of drug-likeness (QED) is 0.852. The number of aromatic nitrogens is 2. The van der Waals surface area contributed by atoms with E-state index < -0.39 is 23.4 Å². The number of hydrogen-bond donors (Lipinski definition) is 2. The molecule has 0 bridgehead atoms. The third kappa shape index (κ3) is 2.02. The molecular formula is C9H6N2O5S. The molecule has 0 aliphatic rings. The highest BCUT2D eigenvalue weighted by Crippen LogP contribution is 2.23. The van der Waals surface area contributed by atoms with Gasteiger partial charge in [-0.05, 0) is 6.92 Å². The Balaban J connectivity index is 2.54. The van der Waals surface area contributed by atoms with Crippen LogP contribution in [0.5, 0.6) is 0 Å². The summed E-state index contributed by atoms with van der Waals surface area (Å²) in [4.78, 5) is 29.2. The lowest BCUT2D eigenvalue weighted by Crippen LogP contribution is -2.05. The molecule has 0 radical (unpaired) electrons. The zero-order chi connectivity index (χ0) is 12.6. The molecule has 0 aliphatic heterocycles. The van der Waals surface area contributed by atoms with Crippen molar-refractivity contribution < 1.29 is 24.2 Å². The minimum atomic E-state index is -1.48. The summed E-state index contributed by atoms with van der Waals surface area (Å²) < 4.78 is 4.89. The van der Waals surface area contributed by atoms with Crippen LogP contribution >= 0.6 is 11.3 Å². The molecule has 8 heteroatoms. The van der Waals surface area contributed by atoms with Gasteiger partial charge in [0.25, 0.3) is 0 Å². The Kier molecular flexibility index (Phi) is 2.64. The molecule has 0 fully saturated rings. The van der Waals surface area contributed by atoms with Crippen LogP contribution in [0, 0.1) is 6.92 Å². The van der Waals surface area contributed by atoms with E-state index in [1.165, 1.54) is 11.3 Å². The standard InChI is InChI=1S/C9H6N2O5S/c1-3-10-4(2-17-3)7-11-5(8(12)13)6(16-7)9(14)15/h2H,1H3,(H,12,13)(H,14,15). The van der Waals surface area contributed by atoms with Crippen LogP contribution in [0.25, 0.3) is 11.6 Å². The third-order valence-corrected chi connectivity index (χ3v) is 2.64. The minimum Gasteiger partial charge on any atom is -0.476 e. The van der Waals surface area contributed by atoms with Gasteiger partial charge in [0, 0.05) is 5.38 Å². The van der Waals surface area contributed by atoms with Crippen molar-refractivity contribution in [2.45, 2.75) is 6.92 Å². The lowest BCUT2D eigenvalue weighted by Gasteiger charge is -1.87. The number of aryl methyl sites for hydroxylation is 1. The molecule has 2 rings (SSSR count). The number of hydrogen-bond acceptors (Lipinski definition) is 6. The van der Waals surface area contributed by atoms with Crippen molar-refractivity contribution in [3.05, 3.63) is 21.8 Å². The SMILES string of the molecule is Cc1nc(-c2nc(C(=O)O)c(C(=O)O)o2)cs1. The fourth-order valence-electron chi connectivity index (χ4n) is 1.18. The maximum Gasteiger partial charge on any atom is 0.374 e. The first kappa shape index (κ1) is 11.3. The van der Waals surface area contributed by atoms with Crippen LogP contribution in [0.2, 0.25) is 0 Å². The first-order valence-electron chi connectivity index (χ1n) is 4.39. The van der Waals surface area contributed by atoms with Gasteiger partial charge in [0.2, 0.25) is 17.3 Å². The Morgan fingerprint density at radius 3 is 2.41 bits per heavy atom. The normalized spacial score (nSPS) is 10.4. The van der Waals surface area contributed by atoms with Gasteiger partial charge in [0.1, 0.15) is 5.69 Å². The summed E-state index contributed by atoms with van der Waals surface area (Å²) in [5, 5.41) is 19.9. The summed E-state index contributed by atoms with van der Waals surface area (Å²) in [6, 6.07) is 0. The summed E-state index contributed by atoms with van der Waals surface area (Å²) in [5.41, 5.74) is -0.305. The van der Waals surface area contributed by atoms with E-state index in [0.717, 1.165) is 5.01 Å². The van der Waals surface area contributed by atoms with Gasteiger partial charge < -0.3 is 14.6 Å². The van der Waals surface area contributed by atoms with Gasteiger partial charge in [0.05, 0.1) is 5.01 Å². The maximum absolute atomic E-state index is 10.8. The van der Waals surface area contributed by atoms with Crippen LogP contribution in [0.3, 0.4) is 0 Å². The van der Waals surface area contributed by atoms with Crippen LogP contribution in [0.1, 0.15) is 26.1 Å². The van der Waals surface area contributed by atoms with E-state index in [1.807, 2.05) is 0 Å². The highest BCUT2D eigenvalue weighted by Gasteiger charge is 2.26. The van der Waals surface area contributed by atoms with Crippen molar-refractivity contribution in [2.24, 2.45) is 0 Å². The van der Waals surface area contributed by atoms with Crippen molar-refractivity contribution in [1.29, 1.82) is 0 Å². The second-order valence-electron chi connectivity index (χ2n) is 3.06. The van der Waals surface area contributed by atoms with Gasteiger partial charge in [-0.25, -0.2) is 14.6 Å². The van der Waals surface area contributed by atoms with Gasteiger partial charge in [-0.2, -0.15) is 4.98 Å². The highest BCUT2D eigenvalue weighted by molar-refractivity contribution is 7.09. The lowest BCUT2D eigenvalue weighted by atomic mass is 10.3. The number of rotatable bonds is 3. The Morgan fingerprint density at radius 1 is 1.29 bits per heavy atom. The first-order valence-corrected chi connectivity index (χ1v) is 5.27. The van der Waals surface area contributed by atoms with Crippen LogP contribution in [0.4, 0.5) is 0 Å². The molecule has 0 spiro atoms. The highest BCUT2D eigenvalue weighted by atomic mass is 32.1. The molecule has 7 nitrogen and oxygen atoms in total. The molecule has 0 aromatic carbocycles. The average molecular weight is 254 g/mol. The van der Waals surface area contributed by atoms with Crippen molar-refractivity contribution in [2.75, 3.05) is 0 Å². The fourth-order valence-corrected chi connectivity index (χ4v) is 1.77. The van der Waals surface area contributed by atoms with E-state index in [-0.39, 0.29) is 5.89 Å². The predicted molar refractivity (Wildman–Crippen MR) is 56.3 cm³/mol. The van der Waals surface area contributed by atoms with Gasteiger partial charge >= 0.3 is 11.9 Å². The number of nitrogens with zero attached hydrogens (tertiary/aromatic N) is 2. The van der Waals surface area contributed by atoms with E-state index in [0.29, 0.717) is 5.69 Å². The van der Waals surface area contributed by atoms with Gasteiger partial charge in [-0.3, -0.25) is 0 Å². The van der Waals surface area contributed by atoms with Crippen LogP contribution in [-0.4, -0.2) is 32.1 Å². The minimum absolute atomic E-state index is 0.107. The van der Waals surface area contributed by atoms with E-state index in [2.05, 4.69) is 9.97 Å². The van der Waals surface area contributed by atoms with E-state index in [1.54, 1.807) is 12.3 Å². The van der Waals surface area contributed by atoms with Crippen molar-refractivity contribution >= 4 is 23.3 Å². The molecule has 2 heterocycles. The third-order valence-electron chi connectivity index (χ3n) is 1.86. The number of thiazole rings is 1. The molecule has 0 saturated carbocycles. The monoisotopic (exact) mass is 254 g/mol. The molecule has 0 aliphatic carbocycles. The zero-order valence-corrected chi connectivity index (χ0v) is 9.32. The van der Waals surface area contributed by atoms with E-state index >= 15 is 0 Å². The molecule has 2 aromatic rings. The van der Waals surface area contributed by atoms with E-state index in [9.17, 15) is 9.59 Å². The molecular weight excluding hydrogens is 248 g/mol. The summed E-state index contributed by atoms with van der Waals surface area (Å²) in [6.45, 7) is 1.76. The smallest absolute Gasteiger partial charge is 0.374 e. The van der Waals surface area contributed by atoms with Gasteiger partial charge in [-0.1, -0.05) is 0 Å². The first-order chi connectivity index (χ1) is 7.99. The number of carboxylic acids is 2. The summed E-state index contributed by atoms with van der Waals surface area (Å²) in [6.07, 6.45) is 0. The van der Waals surface area contributed by atoms with E-state index in [4.69, 9.17) is 14.6 Å². The van der Waals surface area contributed by atoms with Crippen LogP contribution in [0.15, 0.2) is 9.80 Å². The fraction of sp³-hybridized carbons (Fsp3) is 0.111. The lowest BCUT2D eigenvalue weighted by molar-refractivity contribution is 0.0624. The molecule has 0 atom stereocenters. The van der Waals surface area contributed by atoms with Gasteiger partial charge in [-0.15, -0.1) is 11.3 Å². The molecule has 0 amide bonds. The second-order valence-corrected chi connectivity index (χ2v) is 4.12. The Bertz CT molecular complexity index is 569. The zero-order valence-electron chi connectivity index (χ0n) is 8.50. The Hall–Kier alpha value is -2.22. The topological polar surface area (TPSA) is 114 Å². The largest absolute Gasteiger partial charge is 0.476 e. The molecule has 0 unspecified atom stereocenters. The molecule has 2 N–H and O–H groups in total. The molecule has 2 aromatic heterocycles. The van der Waals surface area contributed by atoms with Gasteiger partial charge in [0.15, 0.2) is 0 Å². The number of oxazole rings is 1. The summed E-state index contributed by atoms with van der Waals surface area (Å²) in [7, 11) is 0. The van der Waals surface area contributed by atoms with Crippen LogP contribution in [-0.2, 0) is 0 Å². The predicted octanol–water partition coefficient (Wildman–Crippen LogP) is 1.50. The molecule has 17 heavy (non-hydrogen) atoms. The molecule has 88 valence electrons. The number of carboxylic acid groups (broad SMARTS) is 2. The average Bonchev–Trinajstić information content (AvgIpc) is 2.82. The number of aromatic carboxylic acids is 2. The van der Waals surface area contributed by atoms with Crippen molar-refractivity contribution in [3.63, 3.8) is 0 Å². The van der Waals surface area contributed by atoms with Crippen molar-refractivity contribution in [3.8, 4) is 11.6 Å².